The summed E-state index contributed by atoms with van der Waals surface area (Å²) in [5, 5.41) is 3.44. The lowest BCUT2D eigenvalue weighted by molar-refractivity contribution is -0.122. The van der Waals surface area contributed by atoms with Crippen LogP contribution in [0.3, 0.4) is 0 Å². The van der Waals surface area contributed by atoms with Crippen molar-refractivity contribution in [3.8, 4) is 5.75 Å². The number of hydrogen-bond acceptors (Lipinski definition) is 3. The van der Waals surface area contributed by atoms with Gasteiger partial charge in [0.2, 0.25) is 5.91 Å². The van der Waals surface area contributed by atoms with Crippen LogP contribution in [0.15, 0.2) is 18.2 Å². The normalized spacial score (nSPS) is 19.8. The highest BCUT2D eigenvalue weighted by Gasteiger charge is 2.26. The van der Waals surface area contributed by atoms with Crippen LogP contribution in [-0.2, 0) is 4.79 Å². The number of ether oxygens (including phenoxy) is 1. The molecule has 0 aliphatic carbocycles. The van der Waals surface area contributed by atoms with Gasteiger partial charge in [-0.1, -0.05) is 11.6 Å². The molecule has 0 radical (unpaired) electrons. The number of carbonyl (C=O) groups excluding carboxylic acids is 1. The molecule has 86 valence electrons. The van der Waals surface area contributed by atoms with Gasteiger partial charge in [0.25, 0.3) is 0 Å². The Kier molecular flexibility index (Phi) is 3.03. The van der Waals surface area contributed by atoms with Crippen LogP contribution in [0.2, 0.25) is 5.02 Å². The van der Waals surface area contributed by atoms with Crippen molar-refractivity contribution in [1.29, 1.82) is 0 Å². The molecule has 0 saturated heterocycles. The van der Waals surface area contributed by atoms with Gasteiger partial charge in [-0.2, -0.15) is 0 Å². The van der Waals surface area contributed by atoms with E-state index in [1.807, 2.05) is 0 Å². The molecule has 5 heteroatoms. The molecule has 1 aromatic carbocycles. The van der Waals surface area contributed by atoms with Crippen LogP contribution >= 0.6 is 11.6 Å². The molecule has 3 N–H and O–H groups in total. The second-order valence-corrected chi connectivity index (χ2v) is 4.28. The molecule has 2 rings (SSSR count). The van der Waals surface area contributed by atoms with E-state index in [2.05, 4.69) is 5.32 Å². The fraction of sp³-hybridized carbons (Fsp3) is 0.364. The minimum absolute atomic E-state index is 0.160. The number of hydrogen-bond donors (Lipinski definition) is 2. The first-order valence-electron chi connectivity index (χ1n) is 5.06. The first-order chi connectivity index (χ1) is 7.58. The van der Waals surface area contributed by atoms with Crippen LogP contribution in [0.5, 0.6) is 5.75 Å². The highest BCUT2D eigenvalue weighted by Crippen LogP contribution is 2.34. The topological polar surface area (TPSA) is 64.4 Å². The van der Waals surface area contributed by atoms with Crippen LogP contribution in [0, 0.1) is 0 Å². The van der Waals surface area contributed by atoms with E-state index in [-0.39, 0.29) is 11.9 Å². The van der Waals surface area contributed by atoms with Gasteiger partial charge >= 0.3 is 0 Å². The van der Waals surface area contributed by atoms with Crippen molar-refractivity contribution >= 4 is 17.5 Å². The molecule has 1 aliphatic heterocycles. The molecule has 1 unspecified atom stereocenters. The predicted octanol–water partition coefficient (Wildman–Crippen LogP) is 1.24. The highest BCUT2D eigenvalue weighted by molar-refractivity contribution is 6.30. The van der Waals surface area contributed by atoms with Gasteiger partial charge in [0.15, 0.2) is 0 Å². The molecule has 2 atom stereocenters. The van der Waals surface area contributed by atoms with E-state index in [0.29, 0.717) is 11.6 Å². The maximum atomic E-state index is 11.5. The van der Waals surface area contributed by atoms with Crippen LogP contribution in [0.4, 0.5) is 0 Å². The van der Waals surface area contributed by atoms with Crippen molar-refractivity contribution in [3.63, 3.8) is 0 Å². The standard InChI is InChI=1S/C11H13ClN2O2/c1-6(13)11(15)14-9-5-16-10-3-2-7(12)4-8(9)10/h2-4,6,9H,5,13H2,1H3,(H,14,15)/t6-,9?/m1/s1. The summed E-state index contributed by atoms with van der Waals surface area (Å²) in [7, 11) is 0. The Morgan fingerprint density at radius 3 is 3.12 bits per heavy atom. The van der Waals surface area contributed by atoms with Gasteiger partial charge in [-0.05, 0) is 25.1 Å². The quantitative estimate of drug-likeness (QED) is 0.818. The monoisotopic (exact) mass is 240 g/mol. The Bertz CT molecular complexity index is 420. The summed E-state index contributed by atoms with van der Waals surface area (Å²) < 4.78 is 5.43. The van der Waals surface area contributed by atoms with Crippen LogP contribution in [-0.4, -0.2) is 18.6 Å². The van der Waals surface area contributed by atoms with Crippen molar-refractivity contribution in [2.75, 3.05) is 6.61 Å². The SMILES string of the molecule is C[C@@H](N)C(=O)NC1COc2ccc(Cl)cc21. The van der Waals surface area contributed by atoms with Crippen molar-refractivity contribution in [1.82, 2.24) is 5.32 Å². The molecule has 0 saturated carbocycles. The molecule has 0 bridgehead atoms. The fourth-order valence-electron chi connectivity index (χ4n) is 1.61. The zero-order valence-corrected chi connectivity index (χ0v) is 9.62. The number of nitrogens with one attached hydrogen (secondary N) is 1. The number of carbonyl (C=O) groups is 1. The number of rotatable bonds is 2. The lowest BCUT2D eigenvalue weighted by Crippen LogP contribution is -2.40. The third-order valence-electron chi connectivity index (χ3n) is 2.48. The van der Waals surface area contributed by atoms with Gasteiger partial charge < -0.3 is 15.8 Å². The summed E-state index contributed by atoms with van der Waals surface area (Å²) >= 11 is 5.89. The molecule has 16 heavy (non-hydrogen) atoms. The molecule has 4 nitrogen and oxygen atoms in total. The van der Waals surface area contributed by atoms with Gasteiger partial charge in [-0.15, -0.1) is 0 Å². The van der Waals surface area contributed by atoms with E-state index in [9.17, 15) is 4.79 Å². The van der Waals surface area contributed by atoms with E-state index < -0.39 is 6.04 Å². The summed E-state index contributed by atoms with van der Waals surface area (Å²) in [5.74, 6) is 0.570. The summed E-state index contributed by atoms with van der Waals surface area (Å²) in [5.41, 5.74) is 6.39. The highest BCUT2D eigenvalue weighted by atomic mass is 35.5. The van der Waals surface area contributed by atoms with E-state index in [0.717, 1.165) is 11.3 Å². The van der Waals surface area contributed by atoms with E-state index in [4.69, 9.17) is 22.1 Å². The summed E-state index contributed by atoms with van der Waals surface area (Å²) in [6.45, 7) is 2.07. The van der Waals surface area contributed by atoms with Crippen molar-refractivity contribution in [2.45, 2.75) is 19.0 Å². The van der Waals surface area contributed by atoms with E-state index >= 15 is 0 Å². The van der Waals surface area contributed by atoms with Gasteiger partial charge in [-0.25, -0.2) is 0 Å². The first kappa shape index (κ1) is 11.2. The average molecular weight is 241 g/mol. The number of nitrogens with two attached hydrogens (primary N) is 1. The number of fused-ring (bicyclic) bond motifs is 1. The zero-order chi connectivity index (χ0) is 11.7. The number of benzene rings is 1. The van der Waals surface area contributed by atoms with Crippen molar-refractivity contribution in [2.24, 2.45) is 5.73 Å². The lowest BCUT2D eigenvalue weighted by Gasteiger charge is -2.13. The van der Waals surface area contributed by atoms with Gasteiger partial charge in [0, 0.05) is 10.6 Å². The zero-order valence-electron chi connectivity index (χ0n) is 8.87. The molecule has 0 aromatic heterocycles. The maximum absolute atomic E-state index is 11.5. The summed E-state index contributed by atoms with van der Waals surface area (Å²) in [4.78, 5) is 11.5. The summed E-state index contributed by atoms with van der Waals surface area (Å²) in [6.07, 6.45) is 0. The van der Waals surface area contributed by atoms with Gasteiger partial charge in [0.05, 0.1) is 12.1 Å². The largest absolute Gasteiger partial charge is 0.491 e. The molecule has 0 fully saturated rings. The molecule has 0 spiro atoms. The molecular formula is C11H13ClN2O2. The Morgan fingerprint density at radius 2 is 2.44 bits per heavy atom. The molecule has 1 aliphatic rings. The van der Waals surface area contributed by atoms with Gasteiger partial charge in [-0.3, -0.25) is 4.79 Å². The predicted molar refractivity (Wildman–Crippen MR) is 61.5 cm³/mol. The Balaban J connectivity index is 2.17. The maximum Gasteiger partial charge on any atom is 0.237 e. The fourth-order valence-corrected chi connectivity index (χ4v) is 1.79. The Labute approximate surface area is 98.7 Å². The van der Waals surface area contributed by atoms with E-state index in [1.165, 1.54) is 0 Å². The van der Waals surface area contributed by atoms with Crippen molar-refractivity contribution < 1.29 is 9.53 Å². The minimum Gasteiger partial charge on any atom is -0.491 e. The molecular weight excluding hydrogens is 228 g/mol. The smallest absolute Gasteiger partial charge is 0.237 e. The van der Waals surface area contributed by atoms with Crippen molar-refractivity contribution in [3.05, 3.63) is 28.8 Å². The van der Waals surface area contributed by atoms with Crippen LogP contribution in [0.25, 0.3) is 0 Å². The Hall–Kier alpha value is -1.26. The Morgan fingerprint density at radius 1 is 1.69 bits per heavy atom. The van der Waals surface area contributed by atoms with E-state index in [1.54, 1.807) is 25.1 Å². The number of halogens is 1. The lowest BCUT2D eigenvalue weighted by atomic mass is 10.1. The molecule has 1 heterocycles. The number of amides is 1. The minimum atomic E-state index is -0.525. The second kappa shape index (κ2) is 4.31. The first-order valence-corrected chi connectivity index (χ1v) is 5.44. The summed E-state index contributed by atoms with van der Waals surface area (Å²) in [6, 6.07) is 4.68. The average Bonchev–Trinajstić information content (AvgIpc) is 2.61. The molecule has 1 amide bonds. The van der Waals surface area contributed by atoms with Gasteiger partial charge in [0.1, 0.15) is 12.4 Å². The second-order valence-electron chi connectivity index (χ2n) is 3.84. The third-order valence-corrected chi connectivity index (χ3v) is 2.72. The third kappa shape index (κ3) is 2.13. The molecule has 1 aromatic rings. The van der Waals surface area contributed by atoms with Crippen LogP contribution < -0.4 is 15.8 Å². The van der Waals surface area contributed by atoms with Crippen LogP contribution in [0.1, 0.15) is 18.5 Å².